The Kier molecular flexibility index (Phi) is 4.49. The number of aromatic nitrogens is 2. The van der Waals surface area contributed by atoms with Crippen LogP contribution in [-0.4, -0.2) is 15.3 Å². The zero-order valence-electron chi connectivity index (χ0n) is 15.0. The number of carbonyl (C=O) groups is 1. The minimum atomic E-state index is -0.192. The second kappa shape index (κ2) is 6.70. The Hall–Kier alpha value is -2.30. The van der Waals surface area contributed by atoms with Gasteiger partial charge < -0.3 is 5.32 Å². The van der Waals surface area contributed by atoms with E-state index in [0.29, 0.717) is 5.82 Å². The number of fused-ring (bicyclic) bond motifs is 1. The molecule has 1 aromatic carbocycles. The number of carbonyl (C=O) groups excluding carboxylic acids is 1. The molecule has 1 N–H and O–H groups in total. The Morgan fingerprint density at radius 1 is 1.15 bits per heavy atom. The van der Waals surface area contributed by atoms with E-state index in [0.717, 1.165) is 16.9 Å². The number of rotatable bonds is 4. The molecule has 0 aliphatic heterocycles. The maximum absolute atomic E-state index is 13.0. The van der Waals surface area contributed by atoms with Gasteiger partial charge in [0.15, 0.2) is 0 Å². The van der Waals surface area contributed by atoms with Gasteiger partial charge in [-0.2, -0.15) is 0 Å². The van der Waals surface area contributed by atoms with Gasteiger partial charge in [-0.15, -0.1) is 0 Å². The molecule has 4 nitrogen and oxygen atoms in total. The first-order valence-electron chi connectivity index (χ1n) is 8.76. The Balaban J connectivity index is 1.72. The predicted molar refractivity (Wildman–Crippen MR) is 110 cm³/mol. The SMILES string of the molecule is CC1(C)[C@H](C=C(Cl)Cl)[C@@H]1C(=O)Nc1c(-c2ccccc2)nc2ccccn12. The number of hydrogen-bond donors (Lipinski definition) is 1. The van der Waals surface area contributed by atoms with Crippen LogP contribution in [0.15, 0.2) is 65.3 Å². The average molecular weight is 400 g/mol. The Morgan fingerprint density at radius 3 is 2.56 bits per heavy atom. The lowest BCUT2D eigenvalue weighted by molar-refractivity contribution is -0.118. The number of anilines is 1. The van der Waals surface area contributed by atoms with E-state index in [1.807, 2.05) is 73.0 Å². The van der Waals surface area contributed by atoms with Gasteiger partial charge in [0.05, 0.1) is 5.92 Å². The van der Waals surface area contributed by atoms with E-state index in [1.54, 1.807) is 6.08 Å². The van der Waals surface area contributed by atoms with Crippen molar-refractivity contribution in [2.75, 3.05) is 5.32 Å². The number of hydrogen-bond acceptors (Lipinski definition) is 2. The summed E-state index contributed by atoms with van der Waals surface area (Å²) in [6.45, 7) is 4.09. The van der Waals surface area contributed by atoms with Crippen molar-refractivity contribution in [3.05, 3.63) is 65.3 Å². The summed E-state index contributed by atoms with van der Waals surface area (Å²) < 4.78 is 2.10. The van der Waals surface area contributed by atoms with Crippen LogP contribution < -0.4 is 5.32 Å². The van der Waals surface area contributed by atoms with Crippen LogP contribution in [0.2, 0.25) is 0 Å². The fraction of sp³-hybridized carbons (Fsp3) is 0.238. The predicted octanol–water partition coefficient (Wildman–Crippen LogP) is 5.53. The first kappa shape index (κ1) is 18.1. The first-order chi connectivity index (χ1) is 12.9. The molecule has 2 heterocycles. The number of imidazole rings is 1. The lowest BCUT2D eigenvalue weighted by Gasteiger charge is -2.08. The summed E-state index contributed by atoms with van der Waals surface area (Å²) in [5.41, 5.74) is 2.29. The van der Waals surface area contributed by atoms with Gasteiger partial charge in [0.1, 0.15) is 21.7 Å². The van der Waals surface area contributed by atoms with Gasteiger partial charge in [-0.25, -0.2) is 4.98 Å². The molecule has 1 aliphatic carbocycles. The number of benzene rings is 1. The van der Waals surface area contributed by atoms with E-state index in [2.05, 4.69) is 5.32 Å². The highest BCUT2D eigenvalue weighted by atomic mass is 35.5. The van der Waals surface area contributed by atoms with Crippen LogP contribution in [0.4, 0.5) is 5.82 Å². The van der Waals surface area contributed by atoms with E-state index >= 15 is 0 Å². The van der Waals surface area contributed by atoms with Gasteiger partial charge in [0, 0.05) is 11.8 Å². The summed E-state index contributed by atoms with van der Waals surface area (Å²) in [4.78, 5) is 17.8. The summed E-state index contributed by atoms with van der Waals surface area (Å²) >= 11 is 11.6. The van der Waals surface area contributed by atoms with Gasteiger partial charge in [-0.05, 0) is 29.5 Å². The van der Waals surface area contributed by atoms with Crippen molar-refractivity contribution in [1.82, 2.24) is 9.38 Å². The second-order valence-corrected chi connectivity index (χ2v) is 8.38. The molecule has 4 rings (SSSR count). The third-order valence-electron chi connectivity index (χ3n) is 5.32. The summed E-state index contributed by atoms with van der Waals surface area (Å²) in [6, 6.07) is 15.6. The van der Waals surface area contributed by atoms with Crippen LogP contribution >= 0.6 is 23.2 Å². The van der Waals surface area contributed by atoms with Crippen molar-refractivity contribution < 1.29 is 4.79 Å². The molecular weight excluding hydrogens is 381 g/mol. The summed E-state index contributed by atoms with van der Waals surface area (Å²) in [7, 11) is 0. The second-order valence-electron chi connectivity index (χ2n) is 7.37. The number of amides is 1. The molecule has 0 spiro atoms. The number of halogens is 2. The lowest BCUT2D eigenvalue weighted by atomic mass is 10.1. The molecule has 1 fully saturated rings. The highest BCUT2D eigenvalue weighted by Gasteiger charge is 2.60. The molecule has 27 heavy (non-hydrogen) atoms. The van der Waals surface area contributed by atoms with Crippen LogP contribution in [0.3, 0.4) is 0 Å². The van der Waals surface area contributed by atoms with E-state index in [4.69, 9.17) is 28.2 Å². The topological polar surface area (TPSA) is 46.4 Å². The Bertz CT molecular complexity index is 1040. The van der Waals surface area contributed by atoms with E-state index < -0.39 is 0 Å². The number of pyridine rings is 1. The Morgan fingerprint density at radius 2 is 1.85 bits per heavy atom. The molecule has 0 saturated heterocycles. The molecule has 2 atom stereocenters. The molecule has 138 valence electrons. The van der Waals surface area contributed by atoms with Crippen molar-refractivity contribution in [2.24, 2.45) is 17.3 Å². The number of nitrogens with one attached hydrogen (secondary N) is 1. The van der Waals surface area contributed by atoms with Crippen LogP contribution in [-0.2, 0) is 4.79 Å². The fourth-order valence-electron chi connectivity index (χ4n) is 3.73. The summed E-state index contributed by atoms with van der Waals surface area (Å²) in [6.07, 6.45) is 3.65. The zero-order chi connectivity index (χ0) is 19.2. The molecule has 1 amide bonds. The summed E-state index contributed by atoms with van der Waals surface area (Å²) in [5, 5.41) is 3.10. The third kappa shape index (κ3) is 3.24. The smallest absolute Gasteiger partial charge is 0.229 e. The minimum Gasteiger partial charge on any atom is -0.310 e. The lowest BCUT2D eigenvalue weighted by Crippen LogP contribution is -2.18. The quantitative estimate of drug-likeness (QED) is 0.626. The minimum absolute atomic E-state index is 0.0156. The maximum Gasteiger partial charge on any atom is 0.229 e. The first-order valence-corrected chi connectivity index (χ1v) is 9.51. The Labute approximate surface area is 167 Å². The molecule has 0 unspecified atom stereocenters. The number of allylic oxidation sites excluding steroid dienone is 1. The highest BCUT2D eigenvalue weighted by Crippen LogP contribution is 2.60. The summed E-state index contributed by atoms with van der Waals surface area (Å²) in [5.74, 6) is 0.438. The number of nitrogens with zero attached hydrogens (tertiary/aromatic N) is 2. The van der Waals surface area contributed by atoms with Gasteiger partial charge in [-0.3, -0.25) is 9.20 Å². The van der Waals surface area contributed by atoms with Crippen molar-refractivity contribution in [2.45, 2.75) is 13.8 Å². The highest BCUT2D eigenvalue weighted by molar-refractivity contribution is 6.55. The van der Waals surface area contributed by atoms with Crippen LogP contribution in [0, 0.1) is 17.3 Å². The monoisotopic (exact) mass is 399 g/mol. The molecule has 0 bridgehead atoms. The molecule has 3 aromatic rings. The van der Waals surface area contributed by atoms with Crippen LogP contribution in [0.25, 0.3) is 16.9 Å². The molecule has 2 aromatic heterocycles. The molecular formula is C21H19Cl2N3O. The third-order valence-corrected chi connectivity index (χ3v) is 5.57. The standard InChI is InChI=1S/C21H19Cl2N3O/c1-21(2)14(12-15(22)23)17(21)20(27)25-19-18(13-8-4-3-5-9-13)24-16-10-6-7-11-26(16)19/h3-12,14,17H,1-2H3,(H,25,27)/t14-,17-/m1/s1. The van der Waals surface area contributed by atoms with Crippen molar-refractivity contribution >= 4 is 40.6 Å². The largest absolute Gasteiger partial charge is 0.310 e. The molecule has 0 radical (unpaired) electrons. The maximum atomic E-state index is 13.0. The van der Waals surface area contributed by atoms with Gasteiger partial charge >= 0.3 is 0 Å². The van der Waals surface area contributed by atoms with Crippen molar-refractivity contribution in [3.8, 4) is 11.3 Å². The zero-order valence-corrected chi connectivity index (χ0v) is 16.5. The van der Waals surface area contributed by atoms with Crippen LogP contribution in [0.5, 0.6) is 0 Å². The van der Waals surface area contributed by atoms with Gasteiger partial charge in [0.2, 0.25) is 5.91 Å². The molecule has 6 heteroatoms. The normalized spacial score (nSPS) is 20.3. The van der Waals surface area contributed by atoms with E-state index in [1.165, 1.54) is 0 Å². The fourth-order valence-corrected chi connectivity index (χ4v) is 4.00. The van der Waals surface area contributed by atoms with Gasteiger partial charge in [-0.1, -0.05) is 73.4 Å². The van der Waals surface area contributed by atoms with E-state index in [9.17, 15) is 4.79 Å². The van der Waals surface area contributed by atoms with Crippen LogP contribution in [0.1, 0.15) is 13.8 Å². The van der Waals surface area contributed by atoms with Crippen molar-refractivity contribution in [3.63, 3.8) is 0 Å². The van der Waals surface area contributed by atoms with Gasteiger partial charge in [0.25, 0.3) is 0 Å². The molecule has 1 aliphatic rings. The van der Waals surface area contributed by atoms with Crippen molar-refractivity contribution in [1.29, 1.82) is 0 Å². The van der Waals surface area contributed by atoms with E-state index in [-0.39, 0.29) is 27.6 Å². The average Bonchev–Trinajstić information content (AvgIpc) is 2.99. The molecule has 1 saturated carbocycles.